The third-order valence-corrected chi connectivity index (χ3v) is 2.87. The van der Waals surface area contributed by atoms with Crippen molar-refractivity contribution in [3.05, 3.63) is 0 Å². The Morgan fingerprint density at radius 3 is 2.41 bits per heavy atom. The number of nitrogens with one attached hydrogen (secondary N) is 1. The lowest BCUT2D eigenvalue weighted by molar-refractivity contribution is 0.0700. The molecular formula is C13H30N2O2. The summed E-state index contributed by atoms with van der Waals surface area (Å²) in [5.41, 5.74) is 0. The fourth-order valence-electron chi connectivity index (χ4n) is 1.85. The molecule has 0 bridgehead atoms. The van der Waals surface area contributed by atoms with Crippen LogP contribution in [0.3, 0.4) is 0 Å². The first-order valence-electron chi connectivity index (χ1n) is 6.61. The topological polar surface area (TPSA) is 33.7 Å². The number of hydrogen-bond donors (Lipinski definition) is 1. The van der Waals surface area contributed by atoms with Crippen LogP contribution in [-0.4, -0.2) is 64.1 Å². The maximum atomic E-state index is 5.22. The minimum Gasteiger partial charge on any atom is -0.383 e. The Morgan fingerprint density at radius 2 is 1.88 bits per heavy atom. The quantitative estimate of drug-likeness (QED) is 0.597. The summed E-state index contributed by atoms with van der Waals surface area (Å²) in [4.78, 5) is 2.42. The Balaban J connectivity index is 4.06. The molecule has 1 N–H and O–H groups in total. The first-order valence-corrected chi connectivity index (χ1v) is 6.61. The SMILES string of the molecule is CCCNC(C)CN(CCOC)C(C)COC. The molecule has 4 heteroatoms. The second-order valence-corrected chi connectivity index (χ2v) is 4.65. The van der Waals surface area contributed by atoms with Gasteiger partial charge in [-0.3, -0.25) is 4.90 Å². The molecule has 4 nitrogen and oxygen atoms in total. The van der Waals surface area contributed by atoms with Crippen LogP contribution < -0.4 is 5.32 Å². The van der Waals surface area contributed by atoms with Crippen LogP contribution in [0.15, 0.2) is 0 Å². The molecule has 0 aromatic rings. The largest absolute Gasteiger partial charge is 0.383 e. The third kappa shape index (κ3) is 8.55. The van der Waals surface area contributed by atoms with Crippen molar-refractivity contribution in [3.63, 3.8) is 0 Å². The molecule has 0 spiro atoms. The normalized spacial score (nSPS) is 15.2. The van der Waals surface area contributed by atoms with Gasteiger partial charge < -0.3 is 14.8 Å². The maximum Gasteiger partial charge on any atom is 0.0615 e. The summed E-state index contributed by atoms with van der Waals surface area (Å²) in [7, 11) is 3.50. The molecule has 0 amide bonds. The lowest BCUT2D eigenvalue weighted by Crippen LogP contribution is -2.46. The van der Waals surface area contributed by atoms with Gasteiger partial charge in [-0.25, -0.2) is 0 Å². The first kappa shape index (κ1) is 16.8. The highest BCUT2D eigenvalue weighted by atomic mass is 16.5. The Morgan fingerprint density at radius 1 is 1.18 bits per heavy atom. The molecule has 0 fully saturated rings. The Bertz CT molecular complexity index is 167. The third-order valence-electron chi connectivity index (χ3n) is 2.87. The molecule has 0 radical (unpaired) electrons. The van der Waals surface area contributed by atoms with Crippen molar-refractivity contribution in [2.75, 3.05) is 47.1 Å². The number of hydrogen-bond acceptors (Lipinski definition) is 4. The Labute approximate surface area is 107 Å². The van der Waals surface area contributed by atoms with E-state index in [1.54, 1.807) is 14.2 Å². The van der Waals surface area contributed by atoms with E-state index in [-0.39, 0.29) is 0 Å². The van der Waals surface area contributed by atoms with E-state index in [1.807, 2.05) is 0 Å². The van der Waals surface area contributed by atoms with Gasteiger partial charge in [0.05, 0.1) is 13.2 Å². The maximum absolute atomic E-state index is 5.22. The summed E-state index contributed by atoms with van der Waals surface area (Å²) in [5, 5.41) is 3.51. The predicted molar refractivity (Wildman–Crippen MR) is 72.5 cm³/mol. The molecular weight excluding hydrogens is 216 g/mol. The van der Waals surface area contributed by atoms with Gasteiger partial charge in [0.1, 0.15) is 0 Å². The molecule has 0 aliphatic rings. The molecule has 2 atom stereocenters. The van der Waals surface area contributed by atoms with Crippen molar-refractivity contribution in [1.29, 1.82) is 0 Å². The van der Waals surface area contributed by atoms with E-state index >= 15 is 0 Å². The second kappa shape index (κ2) is 11.0. The number of methoxy groups -OCH3 is 2. The fraction of sp³-hybridized carbons (Fsp3) is 1.00. The van der Waals surface area contributed by atoms with Gasteiger partial charge in [-0.05, 0) is 26.8 Å². The van der Waals surface area contributed by atoms with Gasteiger partial charge in [0.2, 0.25) is 0 Å². The summed E-state index contributed by atoms with van der Waals surface area (Å²) < 4.78 is 10.4. The van der Waals surface area contributed by atoms with E-state index in [1.165, 1.54) is 6.42 Å². The van der Waals surface area contributed by atoms with Crippen LogP contribution in [0.5, 0.6) is 0 Å². The molecule has 2 unspecified atom stereocenters. The number of nitrogens with zero attached hydrogens (tertiary/aromatic N) is 1. The smallest absolute Gasteiger partial charge is 0.0615 e. The second-order valence-electron chi connectivity index (χ2n) is 4.65. The van der Waals surface area contributed by atoms with E-state index in [4.69, 9.17) is 9.47 Å². The van der Waals surface area contributed by atoms with Crippen molar-refractivity contribution in [2.24, 2.45) is 0 Å². The van der Waals surface area contributed by atoms with Crippen molar-refractivity contribution >= 4 is 0 Å². The molecule has 0 aliphatic carbocycles. The van der Waals surface area contributed by atoms with Gasteiger partial charge in [0.25, 0.3) is 0 Å². The van der Waals surface area contributed by atoms with Crippen LogP contribution in [0.2, 0.25) is 0 Å². The average Bonchev–Trinajstić information content (AvgIpc) is 2.32. The molecule has 0 saturated heterocycles. The highest BCUT2D eigenvalue weighted by Gasteiger charge is 2.15. The summed E-state index contributed by atoms with van der Waals surface area (Å²) in [6.07, 6.45) is 1.18. The molecule has 0 aromatic heterocycles. The summed E-state index contributed by atoms with van der Waals surface area (Å²) in [6.45, 7) is 11.2. The summed E-state index contributed by atoms with van der Waals surface area (Å²) >= 11 is 0. The van der Waals surface area contributed by atoms with Crippen LogP contribution in [0.4, 0.5) is 0 Å². The highest BCUT2D eigenvalue weighted by Crippen LogP contribution is 2.01. The average molecular weight is 246 g/mol. The van der Waals surface area contributed by atoms with E-state index in [9.17, 15) is 0 Å². The zero-order valence-electron chi connectivity index (χ0n) is 12.2. The van der Waals surface area contributed by atoms with Gasteiger partial charge in [0.15, 0.2) is 0 Å². The van der Waals surface area contributed by atoms with Crippen LogP contribution in [0, 0.1) is 0 Å². The van der Waals surface area contributed by atoms with E-state index in [2.05, 4.69) is 31.0 Å². The minimum atomic E-state index is 0.432. The van der Waals surface area contributed by atoms with Gasteiger partial charge in [-0.2, -0.15) is 0 Å². The zero-order chi connectivity index (χ0) is 13.1. The Kier molecular flexibility index (Phi) is 10.9. The van der Waals surface area contributed by atoms with Crippen molar-refractivity contribution < 1.29 is 9.47 Å². The van der Waals surface area contributed by atoms with Crippen LogP contribution in [0.1, 0.15) is 27.2 Å². The predicted octanol–water partition coefficient (Wildman–Crippen LogP) is 1.36. The number of ether oxygens (including phenoxy) is 2. The van der Waals surface area contributed by atoms with Crippen LogP contribution >= 0.6 is 0 Å². The molecule has 0 saturated carbocycles. The van der Waals surface area contributed by atoms with E-state index in [0.717, 1.165) is 32.8 Å². The first-order chi connectivity index (χ1) is 8.15. The molecule has 0 heterocycles. The lowest BCUT2D eigenvalue weighted by atomic mass is 10.2. The van der Waals surface area contributed by atoms with Crippen molar-refractivity contribution in [1.82, 2.24) is 10.2 Å². The van der Waals surface area contributed by atoms with Gasteiger partial charge in [0, 0.05) is 39.4 Å². The molecule has 0 rings (SSSR count). The van der Waals surface area contributed by atoms with Crippen molar-refractivity contribution in [3.8, 4) is 0 Å². The van der Waals surface area contributed by atoms with E-state index in [0.29, 0.717) is 12.1 Å². The number of rotatable bonds is 11. The standard InChI is InChI=1S/C13H30N2O2/c1-6-7-14-12(2)10-15(8-9-16-4)13(3)11-17-5/h12-14H,6-11H2,1-5H3. The monoisotopic (exact) mass is 246 g/mol. The van der Waals surface area contributed by atoms with Crippen LogP contribution in [0.25, 0.3) is 0 Å². The molecule has 104 valence electrons. The molecule has 0 aliphatic heterocycles. The lowest BCUT2D eigenvalue weighted by Gasteiger charge is -2.31. The van der Waals surface area contributed by atoms with Gasteiger partial charge in [-0.1, -0.05) is 6.92 Å². The molecule has 17 heavy (non-hydrogen) atoms. The van der Waals surface area contributed by atoms with E-state index < -0.39 is 0 Å². The van der Waals surface area contributed by atoms with Crippen molar-refractivity contribution in [2.45, 2.75) is 39.3 Å². The van der Waals surface area contributed by atoms with Crippen LogP contribution in [-0.2, 0) is 9.47 Å². The zero-order valence-corrected chi connectivity index (χ0v) is 12.2. The van der Waals surface area contributed by atoms with Gasteiger partial charge in [-0.15, -0.1) is 0 Å². The fourth-order valence-corrected chi connectivity index (χ4v) is 1.85. The molecule has 0 aromatic carbocycles. The summed E-state index contributed by atoms with van der Waals surface area (Å²) in [6, 6.07) is 0.937. The van der Waals surface area contributed by atoms with Gasteiger partial charge >= 0.3 is 0 Å². The highest BCUT2D eigenvalue weighted by molar-refractivity contribution is 4.72. The Hall–Kier alpha value is -0.160. The minimum absolute atomic E-state index is 0.432. The summed E-state index contributed by atoms with van der Waals surface area (Å²) in [5.74, 6) is 0.